The predicted molar refractivity (Wildman–Crippen MR) is 50.8 cm³/mol. The monoisotopic (exact) mass is 198 g/mol. The van der Waals surface area contributed by atoms with Gasteiger partial charge in [-0.1, -0.05) is 0 Å². The fourth-order valence-corrected chi connectivity index (χ4v) is 1.64. The van der Waals surface area contributed by atoms with Crippen LogP contribution in [0.3, 0.4) is 0 Å². The number of primary amides is 1. The summed E-state index contributed by atoms with van der Waals surface area (Å²) < 4.78 is 0. The summed E-state index contributed by atoms with van der Waals surface area (Å²) >= 11 is 1.21. The maximum atomic E-state index is 11.2. The lowest BCUT2D eigenvalue weighted by Crippen LogP contribution is -2.21. The van der Waals surface area contributed by atoms with Crippen LogP contribution in [0.15, 0.2) is 11.4 Å². The highest BCUT2D eigenvalue weighted by Crippen LogP contribution is 2.13. The van der Waals surface area contributed by atoms with E-state index in [4.69, 9.17) is 5.73 Å². The van der Waals surface area contributed by atoms with Crippen LogP contribution in [0.1, 0.15) is 27.0 Å². The van der Waals surface area contributed by atoms with Crippen LogP contribution in [-0.2, 0) is 0 Å². The SMILES string of the molecule is CCNC(=O)c1cc(C(N)=O)cs1. The van der Waals surface area contributed by atoms with Gasteiger partial charge in [0, 0.05) is 11.9 Å². The summed E-state index contributed by atoms with van der Waals surface area (Å²) in [5, 5.41) is 4.21. The molecule has 0 radical (unpaired) electrons. The van der Waals surface area contributed by atoms with Gasteiger partial charge < -0.3 is 11.1 Å². The summed E-state index contributed by atoms with van der Waals surface area (Å²) in [6, 6.07) is 1.50. The summed E-state index contributed by atoms with van der Waals surface area (Å²) in [4.78, 5) is 22.4. The summed E-state index contributed by atoms with van der Waals surface area (Å²) in [5.41, 5.74) is 5.42. The van der Waals surface area contributed by atoms with Crippen LogP contribution in [0, 0.1) is 0 Å². The maximum absolute atomic E-state index is 11.2. The lowest BCUT2D eigenvalue weighted by atomic mass is 10.3. The second kappa shape index (κ2) is 4.04. The van der Waals surface area contributed by atoms with Gasteiger partial charge >= 0.3 is 0 Å². The van der Waals surface area contributed by atoms with Crippen molar-refractivity contribution < 1.29 is 9.59 Å². The average molecular weight is 198 g/mol. The molecule has 4 nitrogen and oxygen atoms in total. The second-order valence-electron chi connectivity index (χ2n) is 2.42. The summed E-state index contributed by atoms with van der Waals surface area (Å²) in [5.74, 6) is -0.674. The standard InChI is InChI=1S/C8H10N2O2S/c1-2-10-8(12)6-3-5(4-13-6)7(9)11/h3-4H,2H2,1H3,(H2,9,11)(H,10,12). The average Bonchev–Trinajstić information content (AvgIpc) is 2.52. The van der Waals surface area contributed by atoms with Gasteiger partial charge in [0.2, 0.25) is 5.91 Å². The maximum Gasteiger partial charge on any atom is 0.261 e. The third kappa shape index (κ3) is 2.29. The molecule has 13 heavy (non-hydrogen) atoms. The van der Waals surface area contributed by atoms with Gasteiger partial charge in [-0.25, -0.2) is 0 Å². The molecule has 0 aliphatic heterocycles. The number of hydrogen-bond acceptors (Lipinski definition) is 3. The molecule has 0 saturated carbocycles. The highest BCUT2D eigenvalue weighted by molar-refractivity contribution is 7.12. The summed E-state index contributed by atoms with van der Waals surface area (Å²) in [7, 11) is 0. The van der Waals surface area contributed by atoms with Crippen LogP contribution >= 0.6 is 11.3 Å². The first-order chi connectivity index (χ1) is 6.15. The number of amides is 2. The van der Waals surface area contributed by atoms with E-state index in [0.29, 0.717) is 17.0 Å². The van der Waals surface area contributed by atoms with E-state index in [9.17, 15) is 9.59 Å². The largest absolute Gasteiger partial charge is 0.366 e. The van der Waals surface area contributed by atoms with Crippen molar-refractivity contribution >= 4 is 23.2 Å². The molecule has 3 N–H and O–H groups in total. The molecule has 0 aliphatic rings. The van der Waals surface area contributed by atoms with Gasteiger partial charge in [0.15, 0.2) is 0 Å². The van der Waals surface area contributed by atoms with Gasteiger partial charge in [0.25, 0.3) is 5.91 Å². The Morgan fingerprint density at radius 1 is 1.62 bits per heavy atom. The Kier molecular flexibility index (Phi) is 3.02. The third-order valence-corrected chi connectivity index (χ3v) is 2.37. The first kappa shape index (κ1) is 9.73. The van der Waals surface area contributed by atoms with Crippen molar-refractivity contribution in [3.63, 3.8) is 0 Å². The van der Waals surface area contributed by atoms with Gasteiger partial charge in [-0.15, -0.1) is 11.3 Å². The van der Waals surface area contributed by atoms with E-state index in [-0.39, 0.29) is 5.91 Å². The number of carbonyl (C=O) groups is 2. The molecule has 0 aromatic carbocycles. The van der Waals surface area contributed by atoms with E-state index in [1.807, 2.05) is 6.92 Å². The molecule has 0 spiro atoms. The Morgan fingerprint density at radius 2 is 2.31 bits per heavy atom. The van der Waals surface area contributed by atoms with Gasteiger partial charge in [-0.2, -0.15) is 0 Å². The molecule has 0 atom stereocenters. The van der Waals surface area contributed by atoms with Gasteiger partial charge in [0.05, 0.1) is 10.4 Å². The zero-order chi connectivity index (χ0) is 9.84. The molecular weight excluding hydrogens is 188 g/mol. The lowest BCUT2D eigenvalue weighted by Gasteiger charge is -1.96. The van der Waals surface area contributed by atoms with Crippen LogP contribution in [-0.4, -0.2) is 18.4 Å². The van der Waals surface area contributed by atoms with Crippen molar-refractivity contribution in [2.75, 3.05) is 6.54 Å². The van der Waals surface area contributed by atoms with Gasteiger partial charge in [0.1, 0.15) is 0 Å². The molecule has 1 heterocycles. The van der Waals surface area contributed by atoms with Crippen molar-refractivity contribution in [1.82, 2.24) is 5.32 Å². The quantitative estimate of drug-likeness (QED) is 0.746. The van der Waals surface area contributed by atoms with Gasteiger partial charge in [-0.05, 0) is 13.0 Å². The number of hydrogen-bond donors (Lipinski definition) is 2. The molecule has 1 aromatic heterocycles. The fraction of sp³-hybridized carbons (Fsp3) is 0.250. The number of nitrogens with two attached hydrogens (primary N) is 1. The Bertz CT molecular complexity index is 333. The molecule has 1 rings (SSSR count). The molecule has 70 valence electrons. The number of carbonyl (C=O) groups excluding carboxylic acids is 2. The van der Waals surface area contributed by atoms with Crippen LogP contribution in [0.5, 0.6) is 0 Å². The highest BCUT2D eigenvalue weighted by atomic mass is 32.1. The van der Waals surface area contributed by atoms with Crippen LogP contribution < -0.4 is 11.1 Å². The minimum atomic E-state index is -0.508. The van der Waals surface area contributed by atoms with Gasteiger partial charge in [-0.3, -0.25) is 9.59 Å². The molecule has 0 saturated heterocycles. The fourth-order valence-electron chi connectivity index (χ4n) is 0.832. The Morgan fingerprint density at radius 3 is 2.77 bits per heavy atom. The molecule has 2 amide bonds. The van der Waals surface area contributed by atoms with Crippen molar-refractivity contribution in [1.29, 1.82) is 0 Å². The molecule has 0 fully saturated rings. The second-order valence-corrected chi connectivity index (χ2v) is 3.33. The third-order valence-electron chi connectivity index (χ3n) is 1.45. The Hall–Kier alpha value is -1.36. The smallest absolute Gasteiger partial charge is 0.261 e. The zero-order valence-corrected chi connectivity index (χ0v) is 7.98. The number of rotatable bonds is 3. The lowest BCUT2D eigenvalue weighted by molar-refractivity contribution is 0.0959. The van der Waals surface area contributed by atoms with Crippen LogP contribution in [0.4, 0.5) is 0 Å². The molecule has 1 aromatic rings. The van der Waals surface area contributed by atoms with Crippen molar-refractivity contribution in [3.8, 4) is 0 Å². The first-order valence-corrected chi connectivity index (χ1v) is 4.69. The molecule has 0 aliphatic carbocycles. The van der Waals surface area contributed by atoms with Crippen molar-refractivity contribution in [2.45, 2.75) is 6.92 Å². The Balaban J connectivity index is 2.79. The summed E-state index contributed by atoms with van der Waals surface area (Å²) in [6.45, 7) is 2.41. The number of nitrogens with one attached hydrogen (secondary N) is 1. The first-order valence-electron chi connectivity index (χ1n) is 3.81. The van der Waals surface area contributed by atoms with Crippen LogP contribution in [0.25, 0.3) is 0 Å². The molecule has 5 heteroatoms. The van der Waals surface area contributed by atoms with E-state index >= 15 is 0 Å². The van der Waals surface area contributed by atoms with Crippen molar-refractivity contribution in [3.05, 3.63) is 21.9 Å². The minimum Gasteiger partial charge on any atom is -0.366 e. The van der Waals surface area contributed by atoms with E-state index in [2.05, 4.69) is 5.32 Å². The van der Waals surface area contributed by atoms with Crippen molar-refractivity contribution in [2.24, 2.45) is 5.73 Å². The zero-order valence-electron chi connectivity index (χ0n) is 7.16. The molecule has 0 unspecified atom stereocenters. The number of thiophene rings is 1. The normalized spacial score (nSPS) is 9.62. The Labute approximate surface area is 79.7 Å². The topological polar surface area (TPSA) is 72.2 Å². The van der Waals surface area contributed by atoms with E-state index in [1.165, 1.54) is 17.4 Å². The van der Waals surface area contributed by atoms with E-state index in [0.717, 1.165) is 0 Å². The van der Waals surface area contributed by atoms with E-state index in [1.54, 1.807) is 5.38 Å². The van der Waals surface area contributed by atoms with Crippen LogP contribution in [0.2, 0.25) is 0 Å². The molecule has 0 bridgehead atoms. The van der Waals surface area contributed by atoms with E-state index < -0.39 is 5.91 Å². The minimum absolute atomic E-state index is 0.167. The summed E-state index contributed by atoms with van der Waals surface area (Å²) in [6.07, 6.45) is 0. The predicted octanol–water partition coefficient (Wildman–Crippen LogP) is 0.597. The highest BCUT2D eigenvalue weighted by Gasteiger charge is 2.09. The molecular formula is C8H10N2O2S.